The summed E-state index contributed by atoms with van der Waals surface area (Å²) in [5.74, 6) is -0.205. The lowest BCUT2D eigenvalue weighted by atomic mass is 10.0. The normalized spacial score (nSPS) is 12.7. The Hall–Kier alpha value is -0.710. The number of halogens is 2. The van der Waals surface area contributed by atoms with Crippen molar-refractivity contribution in [1.82, 2.24) is 5.32 Å². The van der Waals surface area contributed by atoms with E-state index in [4.69, 9.17) is 0 Å². The first-order chi connectivity index (χ1) is 9.51. The number of hydrogen-bond acceptors (Lipinski definition) is 2. The molecule has 1 aromatic heterocycles. The van der Waals surface area contributed by atoms with Crippen molar-refractivity contribution in [3.05, 3.63) is 55.4 Å². The number of thiophene rings is 1. The fraction of sp³-hybridized carbons (Fsp3) is 0.375. The minimum absolute atomic E-state index is 0.0562. The van der Waals surface area contributed by atoms with E-state index in [1.54, 1.807) is 17.4 Å². The molecule has 20 heavy (non-hydrogen) atoms. The molecule has 1 nitrogen and oxygen atoms in total. The van der Waals surface area contributed by atoms with Gasteiger partial charge in [-0.05, 0) is 62.2 Å². The van der Waals surface area contributed by atoms with Gasteiger partial charge in [0, 0.05) is 14.2 Å². The van der Waals surface area contributed by atoms with E-state index in [1.807, 2.05) is 6.07 Å². The summed E-state index contributed by atoms with van der Waals surface area (Å²) in [6.45, 7) is 7.28. The molecule has 2 aromatic rings. The summed E-state index contributed by atoms with van der Waals surface area (Å²) >= 11 is 5.16. The standard InChI is InChI=1S/C16H19BrFNS/c1-4-5-19-15(16-10(2)6-11(3)20-16)12-7-13(17)9-14(18)8-12/h6-9,15,19H,4-5H2,1-3H3. The van der Waals surface area contributed by atoms with Crippen molar-refractivity contribution in [2.24, 2.45) is 0 Å². The zero-order valence-electron chi connectivity index (χ0n) is 12.0. The van der Waals surface area contributed by atoms with E-state index in [2.05, 4.69) is 48.1 Å². The third kappa shape index (κ3) is 3.68. The minimum atomic E-state index is -0.205. The van der Waals surface area contributed by atoms with Gasteiger partial charge in [-0.25, -0.2) is 4.39 Å². The summed E-state index contributed by atoms with van der Waals surface area (Å²) < 4.78 is 14.5. The van der Waals surface area contributed by atoms with E-state index in [-0.39, 0.29) is 11.9 Å². The lowest BCUT2D eigenvalue weighted by Gasteiger charge is -2.19. The SMILES string of the molecule is CCCNC(c1cc(F)cc(Br)c1)c1sc(C)cc1C. The first-order valence-corrected chi connectivity index (χ1v) is 8.38. The van der Waals surface area contributed by atoms with Crippen molar-refractivity contribution in [2.75, 3.05) is 6.54 Å². The molecule has 0 saturated heterocycles. The second-order valence-corrected chi connectivity index (χ2v) is 7.20. The van der Waals surface area contributed by atoms with Crippen LogP contribution in [0.2, 0.25) is 0 Å². The average Bonchev–Trinajstić information content (AvgIpc) is 2.68. The monoisotopic (exact) mass is 355 g/mol. The largest absolute Gasteiger partial charge is 0.306 e. The topological polar surface area (TPSA) is 12.0 Å². The van der Waals surface area contributed by atoms with Gasteiger partial charge in [0.05, 0.1) is 6.04 Å². The lowest BCUT2D eigenvalue weighted by Crippen LogP contribution is -2.23. The summed E-state index contributed by atoms with van der Waals surface area (Å²) in [5.41, 5.74) is 2.23. The molecule has 4 heteroatoms. The van der Waals surface area contributed by atoms with Crippen LogP contribution in [0.1, 0.15) is 40.3 Å². The maximum Gasteiger partial charge on any atom is 0.124 e. The Kier molecular flexibility index (Phi) is 5.35. The van der Waals surface area contributed by atoms with Crippen LogP contribution in [0.25, 0.3) is 0 Å². The maximum absolute atomic E-state index is 13.7. The number of hydrogen-bond donors (Lipinski definition) is 1. The summed E-state index contributed by atoms with van der Waals surface area (Å²) in [6, 6.07) is 7.35. The highest BCUT2D eigenvalue weighted by Crippen LogP contribution is 2.33. The molecule has 1 atom stereocenters. The van der Waals surface area contributed by atoms with E-state index in [0.717, 1.165) is 23.0 Å². The first kappa shape index (κ1) is 15.7. The fourth-order valence-electron chi connectivity index (χ4n) is 2.34. The minimum Gasteiger partial charge on any atom is -0.306 e. The molecule has 108 valence electrons. The Bertz CT molecular complexity index is 574. The van der Waals surface area contributed by atoms with Crippen LogP contribution in [-0.2, 0) is 0 Å². The highest BCUT2D eigenvalue weighted by molar-refractivity contribution is 9.10. The molecule has 0 aliphatic carbocycles. The van der Waals surface area contributed by atoms with Crippen molar-refractivity contribution < 1.29 is 4.39 Å². The Morgan fingerprint density at radius 3 is 2.55 bits per heavy atom. The highest BCUT2D eigenvalue weighted by Gasteiger charge is 2.19. The van der Waals surface area contributed by atoms with Crippen LogP contribution in [-0.4, -0.2) is 6.54 Å². The molecule has 1 N–H and O–H groups in total. The van der Waals surface area contributed by atoms with Crippen LogP contribution in [0.5, 0.6) is 0 Å². The molecule has 1 heterocycles. The Balaban J connectivity index is 2.43. The molecule has 0 spiro atoms. The Labute approximate surface area is 132 Å². The molecular formula is C16H19BrFNS. The molecule has 0 saturated carbocycles. The van der Waals surface area contributed by atoms with Gasteiger partial charge in [-0.1, -0.05) is 22.9 Å². The Morgan fingerprint density at radius 1 is 1.25 bits per heavy atom. The van der Waals surface area contributed by atoms with E-state index in [1.165, 1.54) is 21.4 Å². The average molecular weight is 356 g/mol. The third-order valence-corrected chi connectivity index (χ3v) is 4.83. The molecule has 1 aromatic carbocycles. The summed E-state index contributed by atoms with van der Waals surface area (Å²) in [6.07, 6.45) is 1.05. The van der Waals surface area contributed by atoms with E-state index < -0.39 is 0 Å². The molecule has 2 rings (SSSR count). The van der Waals surface area contributed by atoms with Crippen molar-refractivity contribution in [1.29, 1.82) is 0 Å². The fourth-order valence-corrected chi connectivity index (χ4v) is 3.96. The van der Waals surface area contributed by atoms with Gasteiger partial charge in [-0.15, -0.1) is 11.3 Å². The number of nitrogens with one attached hydrogen (secondary N) is 1. The molecule has 1 unspecified atom stereocenters. The van der Waals surface area contributed by atoms with Gasteiger partial charge in [0.1, 0.15) is 5.82 Å². The van der Waals surface area contributed by atoms with Crippen LogP contribution in [0, 0.1) is 19.7 Å². The lowest BCUT2D eigenvalue weighted by molar-refractivity contribution is 0.589. The summed E-state index contributed by atoms with van der Waals surface area (Å²) in [5, 5.41) is 3.53. The molecule has 0 aliphatic rings. The molecule has 0 fully saturated rings. The molecule has 0 radical (unpaired) electrons. The predicted molar refractivity (Wildman–Crippen MR) is 88.0 cm³/mol. The van der Waals surface area contributed by atoms with Crippen molar-refractivity contribution in [2.45, 2.75) is 33.2 Å². The second-order valence-electron chi connectivity index (χ2n) is 4.99. The van der Waals surface area contributed by atoms with Crippen LogP contribution in [0.15, 0.2) is 28.7 Å². The van der Waals surface area contributed by atoms with Crippen LogP contribution >= 0.6 is 27.3 Å². The van der Waals surface area contributed by atoms with Gasteiger partial charge in [0.25, 0.3) is 0 Å². The van der Waals surface area contributed by atoms with Crippen LogP contribution in [0.3, 0.4) is 0 Å². The van der Waals surface area contributed by atoms with Gasteiger partial charge in [0.15, 0.2) is 0 Å². The summed E-state index contributed by atoms with van der Waals surface area (Å²) in [7, 11) is 0. The highest BCUT2D eigenvalue weighted by atomic mass is 79.9. The summed E-state index contributed by atoms with van der Waals surface area (Å²) in [4.78, 5) is 2.56. The van der Waals surface area contributed by atoms with Gasteiger partial charge in [0.2, 0.25) is 0 Å². The van der Waals surface area contributed by atoms with E-state index in [9.17, 15) is 4.39 Å². The number of benzene rings is 1. The van der Waals surface area contributed by atoms with Gasteiger partial charge < -0.3 is 5.32 Å². The van der Waals surface area contributed by atoms with Crippen molar-refractivity contribution in [3.8, 4) is 0 Å². The Morgan fingerprint density at radius 2 is 2.00 bits per heavy atom. The van der Waals surface area contributed by atoms with Crippen molar-refractivity contribution in [3.63, 3.8) is 0 Å². The van der Waals surface area contributed by atoms with Gasteiger partial charge in [-0.2, -0.15) is 0 Å². The predicted octanol–water partition coefficient (Wildman–Crippen LogP) is 5.36. The van der Waals surface area contributed by atoms with E-state index >= 15 is 0 Å². The zero-order chi connectivity index (χ0) is 14.7. The van der Waals surface area contributed by atoms with Crippen LogP contribution < -0.4 is 5.32 Å². The second kappa shape index (κ2) is 6.83. The molecule has 0 aliphatic heterocycles. The molecular weight excluding hydrogens is 337 g/mol. The van der Waals surface area contributed by atoms with Crippen LogP contribution in [0.4, 0.5) is 4.39 Å². The molecule has 0 amide bonds. The van der Waals surface area contributed by atoms with Gasteiger partial charge >= 0.3 is 0 Å². The van der Waals surface area contributed by atoms with E-state index in [0.29, 0.717) is 0 Å². The zero-order valence-corrected chi connectivity index (χ0v) is 14.4. The number of aryl methyl sites for hydroxylation is 2. The molecule has 0 bridgehead atoms. The first-order valence-electron chi connectivity index (χ1n) is 6.77. The quantitative estimate of drug-likeness (QED) is 0.761. The maximum atomic E-state index is 13.7. The third-order valence-electron chi connectivity index (χ3n) is 3.16. The van der Waals surface area contributed by atoms with Crippen molar-refractivity contribution >= 4 is 27.3 Å². The van der Waals surface area contributed by atoms with Gasteiger partial charge in [-0.3, -0.25) is 0 Å². The smallest absolute Gasteiger partial charge is 0.124 e. The number of rotatable bonds is 5.